The molecule has 5 rings (SSSR count). The van der Waals surface area contributed by atoms with E-state index in [2.05, 4.69) is 23.5 Å². The summed E-state index contributed by atoms with van der Waals surface area (Å²) in [5, 5.41) is 13.8. The molecule has 2 aliphatic rings. The average Bonchev–Trinajstić information content (AvgIpc) is 3.35. The van der Waals surface area contributed by atoms with E-state index in [9.17, 15) is 9.90 Å². The van der Waals surface area contributed by atoms with Gasteiger partial charge in [0.25, 0.3) is 5.91 Å². The van der Waals surface area contributed by atoms with Gasteiger partial charge in [0.2, 0.25) is 0 Å². The van der Waals surface area contributed by atoms with E-state index in [-0.39, 0.29) is 23.6 Å². The van der Waals surface area contributed by atoms with Crippen molar-refractivity contribution in [3.8, 4) is 11.5 Å². The molecule has 1 heterocycles. The summed E-state index contributed by atoms with van der Waals surface area (Å²) in [6, 6.07) is 21.3. The van der Waals surface area contributed by atoms with E-state index < -0.39 is 0 Å². The van der Waals surface area contributed by atoms with Crippen LogP contribution in [0.15, 0.2) is 78.9 Å². The third kappa shape index (κ3) is 3.63. The molecule has 0 fully saturated rings. The molecule has 0 saturated heterocycles. The number of phenolic OH excluding ortho intramolecular Hbond substituents is 1. The van der Waals surface area contributed by atoms with Crippen LogP contribution in [0.1, 0.15) is 46.8 Å². The number of hydrogen-bond acceptors (Lipinski definition) is 4. The Bertz CT molecular complexity index is 1210. The number of carbonyl (C=O) groups is 1. The molecule has 5 nitrogen and oxygen atoms in total. The SMILES string of the molecule is CCN(C(=O)c1cccc2c1NC(c1ccc(O)c(OC)c1)C1CC=CC21)c1ccccc1. The molecule has 0 spiro atoms. The number of nitrogens with one attached hydrogen (secondary N) is 1. The van der Waals surface area contributed by atoms with Crippen LogP contribution in [0.25, 0.3) is 0 Å². The lowest BCUT2D eigenvalue weighted by molar-refractivity contribution is 0.0988. The third-order valence-corrected chi connectivity index (χ3v) is 6.82. The number of benzene rings is 3. The first kappa shape index (κ1) is 21.1. The molecule has 0 bridgehead atoms. The predicted molar refractivity (Wildman–Crippen MR) is 131 cm³/mol. The molecule has 3 atom stereocenters. The fourth-order valence-corrected chi connectivity index (χ4v) is 5.21. The lowest BCUT2D eigenvalue weighted by atomic mass is 9.76. The number of aromatic hydroxyl groups is 1. The molecule has 3 unspecified atom stereocenters. The van der Waals surface area contributed by atoms with Crippen LogP contribution in [0.5, 0.6) is 11.5 Å². The Morgan fingerprint density at radius 3 is 2.70 bits per heavy atom. The van der Waals surface area contributed by atoms with Gasteiger partial charge in [-0.25, -0.2) is 0 Å². The van der Waals surface area contributed by atoms with E-state index in [0.717, 1.165) is 28.9 Å². The minimum atomic E-state index is -0.0180. The first-order chi connectivity index (χ1) is 16.1. The number of para-hydroxylation sites is 2. The molecule has 2 N–H and O–H groups in total. The highest BCUT2D eigenvalue weighted by Gasteiger charge is 2.39. The molecule has 5 heteroatoms. The zero-order valence-electron chi connectivity index (χ0n) is 18.9. The lowest BCUT2D eigenvalue weighted by Gasteiger charge is -2.39. The molecule has 0 saturated carbocycles. The van der Waals surface area contributed by atoms with Crippen molar-refractivity contribution >= 4 is 17.3 Å². The number of rotatable bonds is 5. The highest BCUT2D eigenvalue weighted by Crippen LogP contribution is 2.51. The van der Waals surface area contributed by atoms with Crippen molar-refractivity contribution in [2.45, 2.75) is 25.3 Å². The number of allylic oxidation sites excluding steroid dienone is 2. The fraction of sp³-hybridized carbons (Fsp3) is 0.250. The summed E-state index contributed by atoms with van der Waals surface area (Å²) in [7, 11) is 1.56. The quantitative estimate of drug-likeness (QED) is 0.486. The summed E-state index contributed by atoms with van der Waals surface area (Å²) in [6.45, 7) is 2.58. The van der Waals surface area contributed by atoms with Crippen molar-refractivity contribution in [2.24, 2.45) is 5.92 Å². The van der Waals surface area contributed by atoms with Gasteiger partial charge in [-0.05, 0) is 60.7 Å². The predicted octanol–water partition coefficient (Wildman–Crippen LogP) is 5.89. The number of ether oxygens (including phenoxy) is 1. The minimum absolute atomic E-state index is 0.00671. The monoisotopic (exact) mass is 440 g/mol. The Kier molecular flexibility index (Phi) is 5.55. The van der Waals surface area contributed by atoms with Gasteiger partial charge in [-0.15, -0.1) is 0 Å². The van der Waals surface area contributed by atoms with Crippen molar-refractivity contribution in [1.29, 1.82) is 0 Å². The van der Waals surface area contributed by atoms with Gasteiger partial charge in [0.1, 0.15) is 0 Å². The van der Waals surface area contributed by atoms with E-state index in [4.69, 9.17) is 4.74 Å². The van der Waals surface area contributed by atoms with Gasteiger partial charge in [-0.2, -0.15) is 0 Å². The summed E-state index contributed by atoms with van der Waals surface area (Å²) in [5.74, 6) is 1.11. The minimum Gasteiger partial charge on any atom is -0.504 e. The van der Waals surface area contributed by atoms with Crippen LogP contribution in [0.4, 0.5) is 11.4 Å². The van der Waals surface area contributed by atoms with Gasteiger partial charge in [0.05, 0.1) is 24.4 Å². The highest BCUT2D eigenvalue weighted by atomic mass is 16.5. The number of nitrogens with zero attached hydrogens (tertiary/aromatic N) is 1. The Morgan fingerprint density at radius 2 is 1.94 bits per heavy atom. The zero-order valence-corrected chi connectivity index (χ0v) is 18.9. The van der Waals surface area contributed by atoms with Gasteiger partial charge >= 0.3 is 0 Å². The third-order valence-electron chi connectivity index (χ3n) is 6.82. The molecule has 33 heavy (non-hydrogen) atoms. The summed E-state index contributed by atoms with van der Waals surface area (Å²) < 4.78 is 5.36. The number of methoxy groups -OCH3 is 1. The number of anilines is 2. The molecule has 1 amide bonds. The molecule has 0 aromatic heterocycles. The van der Waals surface area contributed by atoms with Crippen molar-refractivity contribution in [2.75, 3.05) is 23.9 Å². The topological polar surface area (TPSA) is 61.8 Å². The van der Waals surface area contributed by atoms with Gasteiger partial charge < -0.3 is 20.1 Å². The number of amides is 1. The summed E-state index contributed by atoms with van der Waals surface area (Å²) in [6.07, 6.45) is 5.44. The maximum atomic E-state index is 13.7. The first-order valence-electron chi connectivity index (χ1n) is 11.4. The average molecular weight is 441 g/mol. The highest BCUT2D eigenvalue weighted by molar-refractivity contribution is 6.10. The van der Waals surface area contributed by atoms with Crippen LogP contribution in [-0.4, -0.2) is 24.7 Å². The Labute approximate surface area is 194 Å². The number of carbonyl (C=O) groups excluding carboxylic acids is 1. The number of hydrogen-bond donors (Lipinski definition) is 2. The maximum absolute atomic E-state index is 13.7. The second kappa shape index (κ2) is 8.66. The molecule has 0 radical (unpaired) electrons. The number of phenols is 1. The Morgan fingerprint density at radius 1 is 1.12 bits per heavy atom. The summed E-state index contributed by atoms with van der Waals surface area (Å²) >= 11 is 0. The van der Waals surface area contributed by atoms with Crippen LogP contribution in [-0.2, 0) is 0 Å². The Hall–Kier alpha value is -3.73. The van der Waals surface area contributed by atoms with Crippen molar-refractivity contribution < 1.29 is 14.6 Å². The summed E-state index contributed by atoms with van der Waals surface area (Å²) in [4.78, 5) is 15.6. The molecular formula is C28H28N2O3. The largest absolute Gasteiger partial charge is 0.504 e. The zero-order chi connectivity index (χ0) is 22.9. The van der Waals surface area contributed by atoms with Crippen molar-refractivity contribution in [3.05, 3.63) is 95.6 Å². The first-order valence-corrected chi connectivity index (χ1v) is 11.4. The molecule has 1 aliphatic heterocycles. The molecular weight excluding hydrogens is 412 g/mol. The molecule has 3 aromatic carbocycles. The van der Waals surface area contributed by atoms with Crippen LogP contribution in [0, 0.1) is 5.92 Å². The molecule has 168 valence electrons. The van der Waals surface area contributed by atoms with Crippen LogP contribution in [0.2, 0.25) is 0 Å². The van der Waals surface area contributed by atoms with Gasteiger partial charge in [-0.1, -0.05) is 48.6 Å². The Balaban J connectivity index is 1.58. The summed E-state index contributed by atoms with van der Waals surface area (Å²) in [5.41, 5.74) is 4.64. The van der Waals surface area contributed by atoms with E-state index in [1.165, 1.54) is 0 Å². The van der Waals surface area contributed by atoms with Crippen molar-refractivity contribution in [3.63, 3.8) is 0 Å². The van der Waals surface area contributed by atoms with Crippen molar-refractivity contribution in [1.82, 2.24) is 0 Å². The molecule has 3 aromatic rings. The van der Waals surface area contributed by atoms with E-state index in [0.29, 0.717) is 23.8 Å². The lowest BCUT2D eigenvalue weighted by Crippen LogP contribution is -2.34. The fourth-order valence-electron chi connectivity index (χ4n) is 5.21. The van der Waals surface area contributed by atoms with Gasteiger partial charge in [0.15, 0.2) is 11.5 Å². The number of fused-ring (bicyclic) bond motifs is 3. The van der Waals surface area contributed by atoms with Gasteiger partial charge in [0, 0.05) is 18.2 Å². The van der Waals surface area contributed by atoms with Crippen LogP contribution in [0.3, 0.4) is 0 Å². The normalized spacial score (nSPS) is 20.5. The van der Waals surface area contributed by atoms with E-state index in [1.807, 2.05) is 66.4 Å². The van der Waals surface area contributed by atoms with E-state index >= 15 is 0 Å². The second-order valence-corrected chi connectivity index (χ2v) is 8.56. The van der Waals surface area contributed by atoms with Gasteiger partial charge in [-0.3, -0.25) is 4.79 Å². The van der Waals surface area contributed by atoms with Crippen LogP contribution >= 0.6 is 0 Å². The second-order valence-electron chi connectivity index (χ2n) is 8.56. The molecule has 1 aliphatic carbocycles. The standard InChI is InChI=1S/C28H28N2O3/c1-3-30(19-9-5-4-6-10-19)28(32)23-14-8-13-22-20-11-7-12-21(20)26(29-27(22)23)18-15-16-24(31)25(17-18)33-2/h4-11,13-17,20-21,26,29,31H,3,12H2,1-2H3. The van der Waals surface area contributed by atoms with Crippen LogP contribution < -0.4 is 15.0 Å². The smallest absolute Gasteiger partial charge is 0.260 e. The maximum Gasteiger partial charge on any atom is 0.260 e. The van der Waals surface area contributed by atoms with E-state index in [1.54, 1.807) is 13.2 Å².